The average Bonchev–Trinajstić information content (AvgIpc) is 2.57. The predicted molar refractivity (Wildman–Crippen MR) is 103 cm³/mol. The fraction of sp³-hybridized carbons (Fsp3) is 1.00. The third-order valence-electron chi connectivity index (χ3n) is 5.01. The maximum absolute atomic E-state index is 11.1. The van der Waals surface area contributed by atoms with E-state index in [9.17, 15) is 5.11 Å². The summed E-state index contributed by atoms with van der Waals surface area (Å²) in [7, 11) is 1.65. The molecule has 1 unspecified atom stereocenters. The molecule has 0 aromatic rings. The van der Waals surface area contributed by atoms with Crippen molar-refractivity contribution in [1.82, 2.24) is 0 Å². The van der Waals surface area contributed by atoms with Crippen molar-refractivity contribution in [1.29, 1.82) is 0 Å². The molecule has 1 atom stereocenters. The number of aliphatic hydroxyl groups excluding tert-OH is 1. The number of methoxy groups -OCH3 is 1. The molecule has 0 aromatic heterocycles. The first-order valence-corrected chi connectivity index (χ1v) is 17.6. The van der Waals surface area contributed by atoms with Gasteiger partial charge in [-0.2, -0.15) is 0 Å². The monoisotopic (exact) mass is 438 g/mol. The first kappa shape index (κ1) is 23.7. The van der Waals surface area contributed by atoms with Crippen molar-refractivity contribution in [3.8, 4) is 0 Å². The van der Waals surface area contributed by atoms with Gasteiger partial charge in [0.25, 0.3) is 0 Å². The van der Waals surface area contributed by atoms with Crippen molar-refractivity contribution in [2.75, 3.05) is 20.5 Å². The van der Waals surface area contributed by atoms with Gasteiger partial charge in [-0.25, -0.2) is 0 Å². The van der Waals surface area contributed by atoms with Crippen LogP contribution >= 0.6 is 0 Å². The molecule has 0 radical (unpaired) electrons. The van der Waals surface area contributed by atoms with Crippen LogP contribution in [0.5, 0.6) is 0 Å². The Morgan fingerprint density at radius 3 is 1.78 bits per heavy atom. The molecular weight excluding hydrogens is 395 g/mol. The average molecular weight is 437 g/mol. The summed E-state index contributed by atoms with van der Waals surface area (Å²) in [5, 5.41) is 11.1. The molecule has 0 fully saturated rings. The Hall–Kier alpha value is 0.679. The van der Waals surface area contributed by atoms with Gasteiger partial charge in [-0.15, -0.1) is 0 Å². The van der Waals surface area contributed by atoms with E-state index in [0.29, 0.717) is 6.79 Å². The van der Waals surface area contributed by atoms with E-state index in [1.165, 1.54) is 51.8 Å². The fourth-order valence-corrected chi connectivity index (χ4v) is 19.8. The van der Waals surface area contributed by atoms with Crippen LogP contribution < -0.4 is 0 Å². The van der Waals surface area contributed by atoms with Gasteiger partial charge < -0.3 is 0 Å². The standard InChI is InChI=1S/C7H15O3.3C4H9.Sn/c1-9-7-10-6-4-2-3-5-8;3*1-3-4-2;/h5,8H,2-4,6-7H2,1H3;3*1,3-4H2,2H3;. The molecule has 0 heterocycles. The Labute approximate surface area is 149 Å². The van der Waals surface area contributed by atoms with Gasteiger partial charge in [0.05, 0.1) is 0 Å². The Balaban J connectivity index is 4.50. The van der Waals surface area contributed by atoms with Crippen molar-refractivity contribution < 1.29 is 14.6 Å². The van der Waals surface area contributed by atoms with Crippen LogP contribution in [0, 0.1) is 0 Å². The van der Waals surface area contributed by atoms with Gasteiger partial charge in [0.1, 0.15) is 0 Å². The first-order valence-electron chi connectivity index (χ1n) is 9.91. The van der Waals surface area contributed by atoms with Gasteiger partial charge in [0.15, 0.2) is 0 Å². The van der Waals surface area contributed by atoms with Crippen molar-refractivity contribution >= 4 is 18.4 Å². The van der Waals surface area contributed by atoms with Gasteiger partial charge in [0, 0.05) is 0 Å². The molecule has 0 spiro atoms. The minimum atomic E-state index is -2.42. The van der Waals surface area contributed by atoms with Crippen LogP contribution in [0.3, 0.4) is 0 Å². The number of ether oxygens (including phenoxy) is 2. The van der Waals surface area contributed by atoms with Crippen LogP contribution in [0.4, 0.5) is 0 Å². The molecule has 0 saturated heterocycles. The Kier molecular flexibility index (Phi) is 16.6. The zero-order valence-electron chi connectivity index (χ0n) is 16.2. The molecule has 0 saturated carbocycles. The summed E-state index contributed by atoms with van der Waals surface area (Å²) < 4.78 is 14.5. The van der Waals surface area contributed by atoms with Gasteiger partial charge in [-0.1, -0.05) is 0 Å². The number of rotatable bonds is 17. The van der Waals surface area contributed by atoms with E-state index in [0.717, 1.165) is 25.9 Å². The molecular formula is C19H42O3Sn. The first-order chi connectivity index (χ1) is 11.2. The van der Waals surface area contributed by atoms with Crippen molar-refractivity contribution in [3.63, 3.8) is 0 Å². The maximum atomic E-state index is 11.1. The molecule has 0 aliphatic heterocycles. The second-order valence-electron chi connectivity index (χ2n) is 7.00. The third-order valence-corrected chi connectivity index (χ3v) is 21.4. The predicted octanol–water partition coefficient (Wildman–Crippen LogP) is 5.53. The summed E-state index contributed by atoms with van der Waals surface area (Å²) in [6.45, 7) is 8.00. The van der Waals surface area contributed by atoms with Gasteiger partial charge in [-0.05, 0) is 0 Å². The zero-order chi connectivity index (χ0) is 17.4. The summed E-state index contributed by atoms with van der Waals surface area (Å²) in [4.78, 5) is 0. The van der Waals surface area contributed by atoms with Crippen LogP contribution in [-0.4, -0.2) is 48.1 Å². The molecule has 3 nitrogen and oxygen atoms in total. The molecule has 0 bridgehead atoms. The molecule has 0 amide bonds. The fourth-order valence-electron chi connectivity index (χ4n) is 3.45. The van der Waals surface area contributed by atoms with Gasteiger partial charge >= 0.3 is 149 Å². The molecule has 0 aromatic carbocycles. The van der Waals surface area contributed by atoms with Crippen LogP contribution in [0.25, 0.3) is 0 Å². The van der Waals surface area contributed by atoms with Crippen LogP contribution in [0.15, 0.2) is 0 Å². The van der Waals surface area contributed by atoms with E-state index in [2.05, 4.69) is 20.8 Å². The summed E-state index contributed by atoms with van der Waals surface area (Å²) in [5.41, 5.74) is 0. The quantitative estimate of drug-likeness (QED) is 0.185. The molecule has 140 valence electrons. The molecule has 0 rings (SSSR count). The van der Waals surface area contributed by atoms with Crippen molar-refractivity contribution in [2.24, 2.45) is 0 Å². The van der Waals surface area contributed by atoms with E-state index in [1.54, 1.807) is 7.11 Å². The summed E-state index contributed by atoms with van der Waals surface area (Å²) in [6.07, 6.45) is 10.9. The number of unbranched alkanes of at least 4 members (excludes halogenated alkanes) is 4. The van der Waals surface area contributed by atoms with Crippen molar-refractivity contribution in [3.05, 3.63) is 0 Å². The number of hydrogen-bond acceptors (Lipinski definition) is 3. The van der Waals surface area contributed by atoms with E-state index < -0.39 is 18.4 Å². The summed E-state index contributed by atoms with van der Waals surface area (Å²) in [5.74, 6) is 0. The molecule has 4 heteroatoms. The van der Waals surface area contributed by atoms with Crippen LogP contribution in [-0.2, 0) is 9.47 Å². The van der Waals surface area contributed by atoms with E-state index in [4.69, 9.17) is 9.47 Å². The number of hydrogen-bond donors (Lipinski definition) is 1. The van der Waals surface area contributed by atoms with Crippen molar-refractivity contribution in [2.45, 2.75) is 96.0 Å². The SMILES string of the molecule is CCC[CH2][Sn]([CH2]CCC)([CH2]CCC)[CH](O)CCCCOCOC. The normalized spacial score (nSPS) is 13.4. The second-order valence-corrected chi connectivity index (χ2v) is 21.0. The Morgan fingerprint density at radius 1 is 0.826 bits per heavy atom. The van der Waals surface area contributed by atoms with Crippen LogP contribution in [0.1, 0.15) is 78.6 Å². The zero-order valence-corrected chi connectivity index (χ0v) is 19.1. The number of aliphatic hydroxyl groups is 1. The van der Waals surface area contributed by atoms with Gasteiger partial charge in [-0.3, -0.25) is 0 Å². The van der Waals surface area contributed by atoms with E-state index in [1.807, 2.05) is 0 Å². The Bertz CT molecular complexity index is 227. The molecule has 0 aliphatic carbocycles. The van der Waals surface area contributed by atoms with E-state index in [-0.39, 0.29) is 4.12 Å². The topological polar surface area (TPSA) is 38.7 Å². The Morgan fingerprint density at radius 2 is 1.35 bits per heavy atom. The van der Waals surface area contributed by atoms with Gasteiger partial charge in [0.2, 0.25) is 0 Å². The van der Waals surface area contributed by atoms with E-state index >= 15 is 0 Å². The summed E-state index contributed by atoms with van der Waals surface area (Å²) in [6, 6.07) is 0. The minimum absolute atomic E-state index is 0.0522. The van der Waals surface area contributed by atoms with Crippen LogP contribution in [0.2, 0.25) is 13.3 Å². The molecule has 1 N–H and O–H groups in total. The molecule has 0 aliphatic rings. The third kappa shape index (κ3) is 11.0. The molecule has 23 heavy (non-hydrogen) atoms. The summed E-state index contributed by atoms with van der Waals surface area (Å²) >= 11 is -2.42. The second kappa shape index (κ2) is 16.2.